The van der Waals surface area contributed by atoms with E-state index in [1.165, 1.54) is 13.8 Å². The lowest BCUT2D eigenvalue weighted by atomic mass is 9.98. The molecule has 0 amide bonds. The van der Waals surface area contributed by atoms with Crippen LogP contribution in [0.4, 0.5) is 0 Å². The average Bonchev–Trinajstić information content (AvgIpc) is 2.65. The number of hydrogen-bond acceptors (Lipinski definition) is 10. The van der Waals surface area contributed by atoms with Crippen LogP contribution in [0.5, 0.6) is 5.75 Å². The van der Waals surface area contributed by atoms with E-state index in [2.05, 4.69) is 22.6 Å². The molecule has 0 saturated carbocycles. The number of rotatable bonds is 7. The van der Waals surface area contributed by atoms with Gasteiger partial charge in [-0.2, -0.15) is 0 Å². The molecule has 31 heavy (non-hydrogen) atoms. The zero-order valence-corrected chi connectivity index (χ0v) is 19.5. The molecule has 0 bridgehead atoms. The minimum Gasteiger partial charge on any atom is -0.463 e. The van der Waals surface area contributed by atoms with E-state index in [0.717, 1.165) is 17.4 Å². The lowest BCUT2D eigenvalue weighted by Gasteiger charge is -2.43. The van der Waals surface area contributed by atoms with Crippen molar-refractivity contribution in [2.45, 2.75) is 58.4 Å². The molecule has 0 unspecified atom stereocenters. The molecule has 1 heterocycles. The van der Waals surface area contributed by atoms with Crippen LogP contribution in [-0.4, -0.2) is 61.2 Å². The second-order valence-corrected chi connectivity index (χ2v) is 7.89. The molecular formula is C20H23IO10. The maximum atomic E-state index is 11.8. The first-order valence-corrected chi connectivity index (χ1v) is 10.4. The van der Waals surface area contributed by atoms with Crippen molar-refractivity contribution in [3.8, 4) is 5.75 Å². The summed E-state index contributed by atoms with van der Waals surface area (Å²) in [5, 5.41) is 0. The molecular weight excluding hydrogens is 527 g/mol. The SMILES string of the molecule is CC(=O)OC[C@H]1O[C@H](Oc2ccc(I)cc2)[C@H](OC(C)=O)[C@@H](OC(C)=O)[C@H]1OC(C)=O. The first-order chi connectivity index (χ1) is 14.6. The summed E-state index contributed by atoms with van der Waals surface area (Å²) < 4.78 is 33.7. The normalized spacial score (nSPS) is 25.1. The smallest absolute Gasteiger partial charge is 0.303 e. The Morgan fingerprint density at radius 3 is 1.84 bits per heavy atom. The van der Waals surface area contributed by atoms with Gasteiger partial charge in [-0.15, -0.1) is 0 Å². The highest BCUT2D eigenvalue weighted by Gasteiger charge is 2.53. The molecule has 1 aromatic rings. The standard InChI is InChI=1S/C20H23IO10/c1-10(22)26-9-16-17(27-11(2)23)18(28-12(3)24)19(29-13(4)25)20(31-16)30-15-7-5-14(21)6-8-15/h5-8,16-20H,9H2,1-4H3/t16-,17+,18+,19-,20+/m1/s1. The van der Waals surface area contributed by atoms with E-state index >= 15 is 0 Å². The third-order valence-corrected chi connectivity index (χ3v) is 4.73. The Hall–Kier alpha value is -2.41. The zero-order valence-electron chi connectivity index (χ0n) is 17.4. The topological polar surface area (TPSA) is 124 Å². The van der Waals surface area contributed by atoms with Crippen molar-refractivity contribution < 1.29 is 47.6 Å². The van der Waals surface area contributed by atoms with Crippen LogP contribution in [0.2, 0.25) is 0 Å². The number of carbonyl (C=O) groups excluding carboxylic acids is 4. The van der Waals surface area contributed by atoms with Gasteiger partial charge in [0.25, 0.3) is 0 Å². The van der Waals surface area contributed by atoms with Crippen molar-refractivity contribution in [1.82, 2.24) is 0 Å². The van der Waals surface area contributed by atoms with Gasteiger partial charge in [-0.25, -0.2) is 0 Å². The summed E-state index contributed by atoms with van der Waals surface area (Å²) in [6, 6.07) is 6.94. The molecule has 1 aliphatic rings. The molecule has 5 atom stereocenters. The first kappa shape index (κ1) is 24.9. The van der Waals surface area contributed by atoms with Crippen molar-refractivity contribution in [1.29, 1.82) is 0 Å². The van der Waals surface area contributed by atoms with Crippen LogP contribution >= 0.6 is 22.6 Å². The van der Waals surface area contributed by atoms with E-state index in [1.807, 2.05) is 0 Å². The fraction of sp³-hybridized carbons (Fsp3) is 0.500. The summed E-state index contributed by atoms with van der Waals surface area (Å²) in [4.78, 5) is 46.5. The second kappa shape index (κ2) is 11.3. The quantitative estimate of drug-likeness (QED) is 0.282. The van der Waals surface area contributed by atoms with E-state index in [9.17, 15) is 19.2 Å². The fourth-order valence-electron chi connectivity index (χ4n) is 2.93. The Kier molecular flexibility index (Phi) is 9.04. The lowest BCUT2D eigenvalue weighted by molar-refractivity contribution is -0.288. The summed E-state index contributed by atoms with van der Waals surface area (Å²) in [5.41, 5.74) is 0. The molecule has 10 nitrogen and oxygen atoms in total. The Morgan fingerprint density at radius 1 is 0.806 bits per heavy atom. The number of benzene rings is 1. The molecule has 0 aromatic heterocycles. The Labute approximate surface area is 192 Å². The summed E-state index contributed by atoms with van der Waals surface area (Å²) in [6.45, 7) is 4.36. The van der Waals surface area contributed by atoms with E-state index < -0.39 is 54.6 Å². The summed E-state index contributed by atoms with van der Waals surface area (Å²) >= 11 is 2.13. The van der Waals surface area contributed by atoms with E-state index in [1.54, 1.807) is 24.3 Å². The number of ether oxygens (including phenoxy) is 6. The van der Waals surface area contributed by atoms with E-state index in [4.69, 9.17) is 28.4 Å². The zero-order chi connectivity index (χ0) is 23.1. The van der Waals surface area contributed by atoms with Crippen LogP contribution in [0, 0.1) is 3.57 Å². The molecule has 0 aliphatic carbocycles. The Bertz CT molecular complexity index is 809. The van der Waals surface area contributed by atoms with Gasteiger partial charge in [-0.05, 0) is 46.9 Å². The van der Waals surface area contributed by atoms with Gasteiger partial charge < -0.3 is 28.4 Å². The van der Waals surface area contributed by atoms with Crippen molar-refractivity contribution in [3.05, 3.63) is 27.8 Å². The third-order valence-electron chi connectivity index (χ3n) is 4.01. The molecule has 1 aliphatic heterocycles. The maximum Gasteiger partial charge on any atom is 0.303 e. The van der Waals surface area contributed by atoms with Crippen LogP contribution in [0.1, 0.15) is 27.7 Å². The largest absolute Gasteiger partial charge is 0.463 e. The van der Waals surface area contributed by atoms with Crippen LogP contribution in [0.25, 0.3) is 0 Å². The van der Waals surface area contributed by atoms with Crippen molar-refractivity contribution in [2.75, 3.05) is 6.61 Å². The predicted molar refractivity (Wildman–Crippen MR) is 112 cm³/mol. The van der Waals surface area contributed by atoms with Gasteiger partial charge in [0.15, 0.2) is 12.2 Å². The Morgan fingerprint density at radius 2 is 1.32 bits per heavy atom. The van der Waals surface area contributed by atoms with Gasteiger partial charge in [-0.3, -0.25) is 19.2 Å². The van der Waals surface area contributed by atoms with Gasteiger partial charge >= 0.3 is 23.9 Å². The molecule has 0 radical (unpaired) electrons. The highest BCUT2D eigenvalue weighted by molar-refractivity contribution is 14.1. The number of esters is 4. The summed E-state index contributed by atoms with van der Waals surface area (Å²) in [6.07, 6.45) is -6.06. The second-order valence-electron chi connectivity index (χ2n) is 6.64. The minimum absolute atomic E-state index is 0.315. The monoisotopic (exact) mass is 550 g/mol. The van der Waals surface area contributed by atoms with Crippen LogP contribution in [0.15, 0.2) is 24.3 Å². The molecule has 2 rings (SSSR count). The predicted octanol–water partition coefficient (Wildman–Crippen LogP) is 1.75. The molecule has 1 aromatic carbocycles. The van der Waals surface area contributed by atoms with Crippen molar-refractivity contribution >= 4 is 46.5 Å². The minimum atomic E-state index is -1.27. The van der Waals surface area contributed by atoms with Crippen molar-refractivity contribution in [2.24, 2.45) is 0 Å². The van der Waals surface area contributed by atoms with Crippen LogP contribution in [-0.2, 0) is 42.9 Å². The van der Waals surface area contributed by atoms with Gasteiger partial charge in [0.1, 0.15) is 18.5 Å². The van der Waals surface area contributed by atoms with Gasteiger partial charge in [0, 0.05) is 31.3 Å². The number of halogens is 1. The van der Waals surface area contributed by atoms with Gasteiger partial charge in [0.2, 0.25) is 12.4 Å². The average molecular weight is 550 g/mol. The molecule has 1 saturated heterocycles. The maximum absolute atomic E-state index is 11.8. The third kappa shape index (κ3) is 7.65. The Balaban J connectivity index is 2.43. The van der Waals surface area contributed by atoms with Gasteiger partial charge in [-0.1, -0.05) is 0 Å². The molecule has 1 fully saturated rings. The van der Waals surface area contributed by atoms with Gasteiger partial charge in [0.05, 0.1) is 0 Å². The molecule has 11 heteroatoms. The molecule has 0 spiro atoms. The highest BCUT2D eigenvalue weighted by atomic mass is 127. The number of hydrogen-bond donors (Lipinski definition) is 0. The molecule has 170 valence electrons. The van der Waals surface area contributed by atoms with E-state index in [-0.39, 0.29) is 6.61 Å². The van der Waals surface area contributed by atoms with Crippen LogP contribution < -0.4 is 4.74 Å². The van der Waals surface area contributed by atoms with E-state index in [0.29, 0.717) is 5.75 Å². The number of carbonyl (C=O) groups is 4. The van der Waals surface area contributed by atoms with Crippen molar-refractivity contribution in [3.63, 3.8) is 0 Å². The first-order valence-electron chi connectivity index (χ1n) is 9.29. The van der Waals surface area contributed by atoms with Crippen LogP contribution in [0.3, 0.4) is 0 Å². The lowest BCUT2D eigenvalue weighted by Crippen LogP contribution is -2.63. The molecule has 0 N–H and O–H groups in total. The highest BCUT2D eigenvalue weighted by Crippen LogP contribution is 2.31. The summed E-state index contributed by atoms with van der Waals surface area (Å²) in [5.74, 6) is -2.30. The summed E-state index contributed by atoms with van der Waals surface area (Å²) in [7, 11) is 0. The fourth-order valence-corrected chi connectivity index (χ4v) is 3.29.